The molecular formula is C14H17ClN4O. The molecule has 0 saturated carbocycles. The van der Waals surface area contributed by atoms with Crippen molar-refractivity contribution in [2.24, 2.45) is 5.73 Å². The van der Waals surface area contributed by atoms with E-state index in [0.29, 0.717) is 6.54 Å². The molecule has 106 valence electrons. The first-order chi connectivity index (χ1) is 9.15. The van der Waals surface area contributed by atoms with Crippen LogP contribution in [-0.2, 0) is 11.3 Å². The Labute approximate surface area is 123 Å². The number of nitrogens with zero attached hydrogens (tertiary/aromatic N) is 2. The van der Waals surface area contributed by atoms with E-state index in [2.05, 4.69) is 4.98 Å². The van der Waals surface area contributed by atoms with Crippen molar-refractivity contribution in [3.63, 3.8) is 0 Å². The van der Waals surface area contributed by atoms with Gasteiger partial charge in [0.2, 0.25) is 5.91 Å². The first kappa shape index (κ1) is 14.6. The lowest BCUT2D eigenvalue weighted by Gasteiger charge is -2.16. The number of likely N-dealkylation sites (tertiary alicyclic amines) is 1. The van der Waals surface area contributed by atoms with Crippen molar-refractivity contribution in [2.75, 3.05) is 12.3 Å². The predicted molar refractivity (Wildman–Crippen MR) is 81.4 cm³/mol. The van der Waals surface area contributed by atoms with E-state index in [0.717, 1.165) is 35.1 Å². The maximum absolute atomic E-state index is 11.8. The summed E-state index contributed by atoms with van der Waals surface area (Å²) in [5, 5.41) is 0.940. The summed E-state index contributed by atoms with van der Waals surface area (Å²) in [4.78, 5) is 17.9. The Bertz CT molecular complexity index is 646. The SMILES string of the molecule is Cl.Nc1ccnc2cc(CN3CCC(N)C3=O)ccc12. The van der Waals surface area contributed by atoms with Crippen molar-refractivity contribution in [3.05, 3.63) is 36.0 Å². The molecule has 1 fully saturated rings. The number of pyridine rings is 1. The lowest BCUT2D eigenvalue weighted by Crippen LogP contribution is -2.33. The number of nitrogen functional groups attached to an aromatic ring is 1. The number of carbonyl (C=O) groups is 1. The minimum Gasteiger partial charge on any atom is -0.398 e. The third kappa shape index (κ3) is 2.55. The van der Waals surface area contributed by atoms with Crippen LogP contribution in [0.4, 0.5) is 5.69 Å². The van der Waals surface area contributed by atoms with E-state index in [9.17, 15) is 4.79 Å². The van der Waals surface area contributed by atoms with Gasteiger partial charge in [0, 0.05) is 30.4 Å². The van der Waals surface area contributed by atoms with Crippen molar-refractivity contribution >= 4 is 34.9 Å². The summed E-state index contributed by atoms with van der Waals surface area (Å²) < 4.78 is 0. The number of hydrogen-bond acceptors (Lipinski definition) is 4. The number of halogens is 1. The second kappa shape index (κ2) is 5.64. The zero-order chi connectivity index (χ0) is 13.4. The summed E-state index contributed by atoms with van der Waals surface area (Å²) in [7, 11) is 0. The van der Waals surface area contributed by atoms with Crippen LogP contribution in [0.15, 0.2) is 30.5 Å². The summed E-state index contributed by atoms with van der Waals surface area (Å²) in [6.07, 6.45) is 2.43. The van der Waals surface area contributed by atoms with E-state index < -0.39 is 0 Å². The van der Waals surface area contributed by atoms with Gasteiger partial charge in [-0.25, -0.2) is 0 Å². The second-order valence-corrected chi connectivity index (χ2v) is 4.91. The summed E-state index contributed by atoms with van der Waals surface area (Å²) in [5.74, 6) is 0.0284. The average molecular weight is 293 g/mol. The fourth-order valence-electron chi connectivity index (χ4n) is 2.45. The number of nitrogens with two attached hydrogens (primary N) is 2. The summed E-state index contributed by atoms with van der Waals surface area (Å²) in [5.41, 5.74) is 14.2. The van der Waals surface area contributed by atoms with Crippen LogP contribution in [0.2, 0.25) is 0 Å². The molecule has 3 rings (SSSR count). The number of aromatic nitrogens is 1. The van der Waals surface area contributed by atoms with E-state index in [4.69, 9.17) is 11.5 Å². The third-order valence-electron chi connectivity index (χ3n) is 3.55. The van der Waals surface area contributed by atoms with Crippen LogP contribution in [0.25, 0.3) is 10.9 Å². The highest BCUT2D eigenvalue weighted by Gasteiger charge is 2.28. The summed E-state index contributed by atoms with van der Waals surface area (Å²) >= 11 is 0. The Morgan fingerprint density at radius 2 is 2.15 bits per heavy atom. The number of amides is 1. The number of fused-ring (bicyclic) bond motifs is 1. The van der Waals surface area contributed by atoms with Crippen LogP contribution >= 0.6 is 12.4 Å². The molecule has 1 atom stereocenters. The molecule has 0 aliphatic carbocycles. The number of rotatable bonds is 2. The van der Waals surface area contributed by atoms with Crippen molar-refractivity contribution < 1.29 is 4.79 Å². The quantitative estimate of drug-likeness (QED) is 0.873. The number of benzene rings is 1. The van der Waals surface area contributed by atoms with Crippen LogP contribution in [0.1, 0.15) is 12.0 Å². The molecule has 20 heavy (non-hydrogen) atoms. The van der Waals surface area contributed by atoms with E-state index in [1.807, 2.05) is 18.2 Å². The van der Waals surface area contributed by atoms with Gasteiger partial charge in [-0.2, -0.15) is 0 Å². The van der Waals surface area contributed by atoms with E-state index >= 15 is 0 Å². The third-order valence-corrected chi connectivity index (χ3v) is 3.55. The van der Waals surface area contributed by atoms with Crippen LogP contribution in [-0.4, -0.2) is 28.4 Å². The highest BCUT2D eigenvalue weighted by molar-refractivity contribution is 5.90. The van der Waals surface area contributed by atoms with Crippen molar-refractivity contribution in [2.45, 2.75) is 19.0 Å². The molecule has 0 radical (unpaired) electrons. The van der Waals surface area contributed by atoms with Gasteiger partial charge in [-0.05, 0) is 24.1 Å². The van der Waals surface area contributed by atoms with Gasteiger partial charge < -0.3 is 16.4 Å². The Morgan fingerprint density at radius 1 is 1.35 bits per heavy atom. The highest BCUT2D eigenvalue weighted by Crippen LogP contribution is 2.21. The van der Waals surface area contributed by atoms with Gasteiger partial charge in [0.1, 0.15) is 0 Å². The second-order valence-electron chi connectivity index (χ2n) is 4.91. The Hall–Kier alpha value is -1.85. The van der Waals surface area contributed by atoms with Gasteiger partial charge in [-0.1, -0.05) is 12.1 Å². The smallest absolute Gasteiger partial charge is 0.239 e. The molecule has 1 unspecified atom stereocenters. The maximum Gasteiger partial charge on any atom is 0.239 e. The molecule has 1 saturated heterocycles. The number of hydrogen-bond donors (Lipinski definition) is 2. The summed E-state index contributed by atoms with van der Waals surface area (Å²) in [6.45, 7) is 1.31. The fourth-order valence-corrected chi connectivity index (χ4v) is 2.45. The van der Waals surface area contributed by atoms with E-state index in [1.54, 1.807) is 17.2 Å². The largest absolute Gasteiger partial charge is 0.398 e. The van der Waals surface area contributed by atoms with Gasteiger partial charge in [-0.3, -0.25) is 9.78 Å². The van der Waals surface area contributed by atoms with Gasteiger partial charge >= 0.3 is 0 Å². The van der Waals surface area contributed by atoms with Gasteiger partial charge in [-0.15, -0.1) is 12.4 Å². The molecule has 4 N–H and O–H groups in total. The highest BCUT2D eigenvalue weighted by atomic mass is 35.5. The van der Waals surface area contributed by atoms with Crippen LogP contribution < -0.4 is 11.5 Å². The van der Waals surface area contributed by atoms with Crippen LogP contribution in [0.5, 0.6) is 0 Å². The molecule has 2 heterocycles. The van der Waals surface area contributed by atoms with Crippen molar-refractivity contribution in [3.8, 4) is 0 Å². The first-order valence-electron chi connectivity index (χ1n) is 6.32. The predicted octanol–water partition coefficient (Wildman–Crippen LogP) is 1.30. The molecule has 2 aromatic rings. The lowest BCUT2D eigenvalue weighted by molar-refractivity contribution is -0.129. The number of carbonyl (C=O) groups excluding carboxylic acids is 1. The van der Waals surface area contributed by atoms with E-state index in [1.165, 1.54) is 0 Å². The number of anilines is 1. The molecule has 1 aliphatic heterocycles. The first-order valence-corrected chi connectivity index (χ1v) is 6.32. The van der Waals surface area contributed by atoms with Gasteiger partial charge in [0.25, 0.3) is 0 Å². The van der Waals surface area contributed by atoms with E-state index in [-0.39, 0.29) is 24.4 Å². The molecule has 1 aromatic heterocycles. The standard InChI is InChI=1S/C14H16N4O.ClH/c15-11-3-5-17-13-7-9(1-2-10(11)13)8-18-6-4-12(16)14(18)19;/h1-3,5,7,12H,4,6,8,16H2,(H2,15,17);1H. The Kier molecular flexibility index (Phi) is 4.11. The molecular weight excluding hydrogens is 276 g/mol. The molecule has 5 nitrogen and oxygen atoms in total. The molecule has 1 aliphatic rings. The molecule has 0 bridgehead atoms. The molecule has 1 aromatic carbocycles. The molecule has 6 heteroatoms. The minimum absolute atomic E-state index is 0. The van der Waals surface area contributed by atoms with Gasteiger partial charge in [0.15, 0.2) is 0 Å². The van der Waals surface area contributed by atoms with Crippen molar-refractivity contribution in [1.82, 2.24) is 9.88 Å². The minimum atomic E-state index is -0.339. The normalized spacial score (nSPS) is 18.4. The van der Waals surface area contributed by atoms with Crippen LogP contribution in [0.3, 0.4) is 0 Å². The zero-order valence-electron chi connectivity index (χ0n) is 11.0. The Balaban J connectivity index is 0.00000147. The Morgan fingerprint density at radius 3 is 2.85 bits per heavy atom. The monoisotopic (exact) mass is 292 g/mol. The maximum atomic E-state index is 11.8. The van der Waals surface area contributed by atoms with Crippen LogP contribution in [0, 0.1) is 0 Å². The average Bonchev–Trinajstić information content (AvgIpc) is 2.71. The molecule has 0 spiro atoms. The lowest BCUT2D eigenvalue weighted by atomic mass is 10.1. The van der Waals surface area contributed by atoms with Crippen molar-refractivity contribution in [1.29, 1.82) is 0 Å². The zero-order valence-corrected chi connectivity index (χ0v) is 11.8. The molecule has 1 amide bonds. The topological polar surface area (TPSA) is 85.2 Å². The fraction of sp³-hybridized carbons (Fsp3) is 0.286. The summed E-state index contributed by atoms with van der Waals surface area (Å²) in [6, 6.07) is 7.35. The van der Waals surface area contributed by atoms with Gasteiger partial charge in [0.05, 0.1) is 11.6 Å².